The van der Waals surface area contributed by atoms with Gasteiger partial charge < -0.3 is 10.0 Å². The van der Waals surface area contributed by atoms with Crippen LogP contribution < -0.4 is 0 Å². The van der Waals surface area contributed by atoms with Crippen molar-refractivity contribution in [1.29, 1.82) is 0 Å². The average molecular weight is 308 g/mol. The van der Waals surface area contributed by atoms with Gasteiger partial charge in [0.15, 0.2) is 0 Å². The van der Waals surface area contributed by atoms with Gasteiger partial charge in [-0.1, -0.05) is 6.07 Å². The summed E-state index contributed by atoms with van der Waals surface area (Å²) in [4.78, 5) is 16.5. The summed E-state index contributed by atoms with van der Waals surface area (Å²) in [7, 11) is 0. The fourth-order valence-corrected chi connectivity index (χ4v) is 2.71. The molecule has 1 aromatic rings. The highest BCUT2D eigenvalue weighted by Crippen LogP contribution is 2.13. The highest BCUT2D eigenvalue weighted by atomic mass is 19.1. The summed E-state index contributed by atoms with van der Waals surface area (Å²) >= 11 is 0. The van der Waals surface area contributed by atoms with Crippen molar-refractivity contribution < 1.29 is 14.3 Å². The Kier molecular flexibility index (Phi) is 6.34. The Morgan fingerprint density at radius 1 is 1.18 bits per heavy atom. The number of rotatable bonds is 6. The van der Waals surface area contributed by atoms with Crippen LogP contribution in [0, 0.1) is 12.7 Å². The van der Waals surface area contributed by atoms with Crippen LogP contribution in [0.3, 0.4) is 0 Å². The van der Waals surface area contributed by atoms with Crippen LogP contribution in [0.5, 0.6) is 0 Å². The van der Waals surface area contributed by atoms with E-state index >= 15 is 0 Å². The van der Waals surface area contributed by atoms with Gasteiger partial charge in [0.1, 0.15) is 5.82 Å². The maximum absolute atomic E-state index is 13.6. The van der Waals surface area contributed by atoms with Crippen LogP contribution in [-0.4, -0.2) is 60.1 Å². The first kappa shape index (κ1) is 16.9. The van der Waals surface area contributed by atoms with Crippen LogP contribution >= 0.6 is 0 Å². The molecular formula is C17H25FN2O2. The first-order valence-electron chi connectivity index (χ1n) is 8.00. The molecule has 1 fully saturated rings. The molecule has 1 saturated heterocycles. The number of carbonyl (C=O) groups excluding carboxylic acids is 1. The van der Waals surface area contributed by atoms with E-state index in [-0.39, 0.29) is 18.3 Å². The van der Waals surface area contributed by atoms with Crippen molar-refractivity contribution >= 4 is 5.91 Å². The van der Waals surface area contributed by atoms with Crippen molar-refractivity contribution in [2.24, 2.45) is 0 Å². The Morgan fingerprint density at radius 2 is 1.91 bits per heavy atom. The molecule has 122 valence electrons. The van der Waals surface area contributed by atoms with Gasteiger partial charge in [0, 0.05) is 38.3 Å². The lowest BCUT2D eigenvalue weighted by molar-refractivity contribution is 0.0634. The van der Waals surface area contributed by atoms with Crippen molar-refractivity contribution in [3.8, 4) is 0 Å². The van der Waals surface area contributed by atoms with E-state index in [2.05, 4.69) is 4.90 Å². The lowest BCUT2D eigenvalue weighted by Crippen LogP contribution is -2.48. The van der Waals surface area contributed by atoms with E-state index in [0.29, 0.717) is 24.2 Å². The largest absolute Gasteiger partial charge is 0.396 e. The second kappa shape index (κ2) is 8.25. The Bertz CT molecular complexity index is 499. The number of halogens is 1. The number of hydrogen-bond donors (Lipinski definition) is 1. The van der Waals surface area contributed by atoms with Gasteiger partial charge in [0.25, 0.3) is 5.91 Å². The number of carbonyl (C=O) groups is 1. The van der Waals surface area contributed by atoms with Crippen molar-refractivity contribution in [2.45, 2.75) is 26.2 Å². The van der Waals surface area contributed by atoms with Crippen LogP contribution in [0.2, 0.25) is 0 Å². The number of piperazine rings is 1. The Hall–Kier alpha value is -1.46. The average Bonchev–Trinajstić information content (AvgIpc) is 2.54. The van der Waals surface area contributed by atoms with Gasteiger partial charge in [-0.15, -0.1) is 0 Å². The number of aliphatic hydroxyl groups is 1. The zero-order valence-corrected chi connectivity index (χ0v) is 13.2. The summed E-state index contributed by atoms with van der Waals surface area (Å²) in [6.45, 7) is 6.07. The molecule has 1 heterocycles. The van der Waals surface area contributed by atoms with E-state index in [1.165, 1.54) is 6.07 Å². The number of amides is 1. The fourth-order valence-electron chi connectivity index (χ4n) is 2.71. The number of nitrogens with zero attached hydrogens (tertiary/aromatic N) is 2. The summed E-state index contributed by atoms with van der Waals surface area (Å²) in [5.41, 5.74) is 0.990. The second-order valence-electron chi connectivity index (χ2n) is 5.88. The third kappa shape index (κ3) is 4.52. The smallest absolute Gasteiger partial charge is 0.254 e. The van der Waals surface area contributed by atoms with Crippen LogP contribution in [0.4, 0.5) is 4.39 Å². The van der Waals surface area contributed by atoms with Gasteiger partial charge in [-0.25, -0.2) is 4.39 Å². The standard InChI is InChI=1S/C17H25FN2O2/c1-14-5-6-15(13-16(14)18)17(22)20-10-8-19(9-11-20)7-3-2-4-12-21/h5-6,13,21H,2-4,7-12H2,1H3. The quantitative estimate of drug-likeness (QED) is 0.818. The molecule has 0 unspecified atom stereocenters. The first-order chi connectivity index (χ1) is 10.6. The molecule has 5 heteroatoms. The van der Waals surface area contributed by atoms with Crippen molar-refractivity contribution in [3.63, 3.8) is 0 Å². The molecule has 0 radical (unpaired) electrons. The SMILES string of the molecule is Cc1ccc(C(=O)N2CCN(CCCCCO)CC2)cc1F. The molecular weight excluding hydrogens is 283 g/mol. The molecule has 1 aliphatic heterocycles. The molecule has 0 atom stereocenters. The van der Waals surface area contributed by atoms with Gasteiger partial charge in [-0.3, -0.25) is 9.69 Å². The zero-order chi connectivity index (χ0) is 15.9. The third-order valence-corrected chi connectivity index (χ3v) is 4.21. The van der Waals surface area contributed by atoms with Crippen molar-refractivity contribution in [2.75, 3.05) is 39.3 Å². The molecule has 22 heavy (non-hydrogen) atoms. The Morgan fingerprint density at radius 3 is 2.55 bits per heavy atom. The summed E-state index contributed by atoms with van der Waals surface area (Å²) < 4.78 is 13.6. The molecule has 1 N–H and O–H groups in total. The van der Waals surface area contributed by atoms with Gasteiger partial charge in [-0.2, -0.15) is 0 Å². The second-order valence-corrected chi connectivity index (χ2v) is 5.88. The molecule has 0 bridgehead atoms. The molecule has 0 spiro atoms. The van der Waals surface area contributed by atoms with E-state index in [0.717, 1.165) is 38.9 Å². The van der Waals surface area contributed by atoms with E-state index < -0.39 is 0 Å². The predicted octanol–water partition coefficient (Wildman–Crippen LogP) is 2.05. The highest BCUT2D eigenvalue weighted by molar-refractivity contribution is 5.94. The van der Waals surface area contributed by atoms with Crippen LogP contribution in [0.1, 0.15) is 35.2 Å². The van der Waals surface area contributed by atoms with E-state index in [9.17, 15) is 9.18 Å². The molecule has 4 nitrogen and oxygen atoms in total. The van der Waals surface area contributed by atoms with Gasteiger partial charge in [0.05, 0.1) is 0 Å². The maximum Gasteiger partial charge on any atom is 0.254 e. The molecule has 1 aromatic carbocycles. The maximum atomic E-state index is 13.6. The Balaban J connectivity index is 1.80. The summed E-state index contributed by atoms with van der Waals surface area (Å²) in [6.07, 6.45) is 2.98. The number of aliphatic hydroxyl groups excluding tert-OH is 1. The molecule has 1 aliphatic rings. The highest BCUT2D eigenvalue weighted by Gasteiger charge is 2.22. The number of unbranched alkanes of at least 4 members (excludes halogenated alkanes) is 2. The number of hydrogen-bond acceptors (Lipinski definition) is 3. The van der Waals surface area contributed by atoms with Crippen LogP contribution in [-0.2, 0) is 0 Å². The molecule has 0 saturated carbocycles. The van der Waals surface area contributed by atoms with E-state index in [1.807, 2.05) is 0 Å². The summed E-state index contributed by atoms with van der Waals surface area (Å²) in [6, 6.07) is 4.68. The topological polar surface area (TPSA) is 43.8 Å². The van der Waals surface area contributed by atoms with Gasteiger partial charge >= 0.3 is 0 Å². The third-order valence-electron chi connectivity index (χ3n) is 4.21. The molecule has 1 amide bonds. The predicted molar refractivity (Wildman–Crippen MR) is 84.4 cm³/mol. The van der Waals surface area contributed by atoms with Crippen molar-refractivity contribution in [3.05, 3.63) is 35.1 Å². The minimum Gasteiger partial charge on any atom is -0.396 e. The monoisotopic (exact) mass is 308 g/mol. The Labute approximate surface area is 131 Å². The summed E-state index contributed by atoms with van der Waals surface area (Å²) in [5, 5.41) is 8.76. The number of aryl methyl sites for hydroxylation is 1. The minimum absolute atomic E-state index is 0.0844. The minimum atomic E-state index is -0.326. The molecule has 0 aliphatic carbocycles. The fraction of sp³-hybridized carbons (Fsp3) is 0.588. The normalized spacial score (nSPS) is 16.0. The van der Waals surface area contributed by atoms with Gasteiger partial charge in [0.2, 0.25) is 0 Å². The molecule has 0 aromatic heterocycles. The first-order valence-corrected chi connectivity index (χ1v) is 8.00. The molecule has 2 rings (SSSR count). The van der Waals surface area contributed by atoms with Crippen LogP contribution in [0.25, 0.3) is 0 Å². The summed E-state index contributed by atoms with van der Waals surface area (Å²) in [5.74, 6) is -0.410. The van der Waals surface area contributed by atoms with E-state index in [1.54, 1.807) is 24.0 Å². The van der Waals surface area contributed by atoms with Crippen molar-refractivity contribution in [1.82, 2.24) is 9.80 Å². The lowest BCUT2D eigenvalue weighted by atomic mass is 10.1. The number of benzene rings is 1. The van der Waals surface area contributed by atoms with Crippen LogP contribution in [0.15, 0.2) is 18.2 Å². The zero-order valence-electron chi connectivity index (χ0n) is 13.2. The lowest BCUT2D eigenvalue weighted by Gasteiger charge is -2.34. The van der Waals surface area contributed by atoms with E-state index in [4.69, 9.17) is 5.11 Å². The van der Waals surface area contributed by atoms with Gasteiger partial charge in [-0.05, 0) is 50.4 Å².